The Labute approximate surface area is 271 Å². The smallest absolute Gasteiger partial charge is 0.0540 e. The molecule has 0 aliphatic carbocycles. The van der Waals surface area contributed by atoms with Gasteiger partial charge in [-0.1, -0.05) is 111 Å². The third-order valence-corrected chi connectivity index (χ3v) is 9.28. The quantitative estimate of drug-likeness (QED) is 0.162. The van der Waals surface area contributed by atoms with Crippen LogP contribution in [0.4, 0.5) is 34.1 Å². The minimum absolute atomic E-state index is 0.997. The van der Waals surface area contributed by atoms with Crippen LogP contribution in [-0.2, 0) is 12.8 Å². The second kappa shape index (κ2) is 11.7. The number of nitrogens with zero attached hydrogens (tertiary/aromatic N) is 2. The second-order valence-corrected chi connectivity index (χ2v) is 12.0. The van der Waals surface area contributed by atoms with Crippen LogP contribution in [0.1, 0.15) is 25.0 Å². The molecule has 0 saturated carbocycles. The van der Waals surface area contributed by atoms with Gasteiger partial charge in [0.2, 0.25) is 0 Å². The second-order valence-electron chi connectivity index (χ2n) is 12.0. The fraction of sp³-hybridized carbons (Fsp3) is 0.0909. The Hall–Kier alpha value is -5.60. The van der Waals surface area contributed by atoms with Crippen molar-refractivity contribution in [1.82, 2.24) is 0 Å². The van der Waals surface area contributed by atoms with Gasteiger partial charge in [-0.25, -0.2) is 0 Å². The number of para-hydroxylation sites is 2. The molecule has 0 aliphatic rings. The van der Waals surface area contributed by atoms with E-state index < -0.39 is 0 Å². The summed E-state index contributed by atoms with van der Waals surface area (Å²) in [7, 11) is 0. The van der Waals surface area contributed by atoms with Crippen LogP contribution in [0.2, 0.25) is 0 Å². The fourth-order valence-electron chi connectivity index (χ4n) is 7.00. The maximum absolute atomic E-state index is 2.42. The van der Waals surface area contributed by atoms with Gasteiger partial charge in [0, 0.05) is 33.5 Å². The third-order valence-electron chi connectivity index (χ3n) is 9.28. The Kier molecular flexibility index (Phi) is 7.11. The van der Waals surface area contributed by atoms with Crippen LogP contribution in [0.3, 0.4) is 0 Å². The molecule has 46 heavy (non-hydrogen) atoms. The van der Waals surface area contributed by atoms with Gasteiger partial charge in [0.25, 0.3) is 0 Å². The molecule has 0 fully saturated rings. The van der Waals surface area contributed by atoms with Gasteiger partial charge in [0.1, 0.15) is 0 Å². The third kappa shape index (κ3) is 4.74. The summed E-state index contributed by atoms with van der Waals surface area (Å²) in [6, 6.07) is 57.8. The zero-order valence-corrected chi connectivity index (χ0v) is 26.3. The molecule has 0 amide bonds. The molecule has 0 unspecified atom stereocenters. The van der Waals surface area contributed by atoms with Crippen LogP contribution in [-0.4, -0.2) is 0 Å². The van der Waals surface area contributed by atoms with E-state index in [1.54, 1.807) is 0 Å². The van der Waals surface area contributed by atoms with E-state index in [1.165, 1.54) is 66.2 Å². The maximum atomic E-state index is 2.42. The molecule has 222 valence electrons. The highest BCUT2D eigenvalue weighted by Crippen LogP contribution is 2.47. The Morgan fingerprint density at radius 3 is 1.17 bits per heavy atom. The number of anilines is 6. The van der Waals surface area contributed by atoms with Gasteiger partial charge >= 0.3 is 0 Å². The van der Waals surface area contributed by atoms with Gasteiger partial charge in [0.15, 0.2) is 0 Å². The Balaban J connectivity index is 1.40. The van der Waals surface area contributed by atoms with E-state index in [2.05, 4.69) is 181 Å². The molecule has 0 heterocycles. The van der Waals surface area contributed by atoms with Gasteiger partial charge in [-0.05, 0) is 106 Å². The average Bonchev–Trinajstić information content (AvgIpc) is 3.13. The number of benzene rings is 8. The molecular formula is C44H36N2. The first-order valence-corrected chi connectivity index (χ1v) is 16.3. The van der Waals surface area contributed by atoms with Crippen molar-refractivity contribution in [2.45, 2.75) is 26.7 Å². The predicted molar refractivity (Wildman–Crippen MR) is 198 cm³/mol. The monoisotopic (exact) mass is 592 g/mol. The summed E-state index contributed by atoms with van der Waals surface area (Å²) in [5.74, 6) is 0. The van der Waals surface area contributed by atoms with E-state index in [9.17, 15) is 0 Å². The molecule has 0 aliphatic heterocycles. The van der Waals surface area contributed by atoms with E-state index in [1.807, 2.05) is 0 Å². The molecule has 0 atom stereocenters. The van der Waals surface area contributed by atoms with E-state index in [0.717, 1.165) is 24.2 Å². The number of rotatable bonds is 8. The number of aryl methyl sites for hydroxylation is 2. The van der Waals surface area contributed by atoms with Crippen molar-refractivity contribution in [3.63, 3.8) is 0 Å². The van der Waals surface area contributed by atoms with Crippen molar-refractivity contribution < 1.29 is 0 Å². The van der Waals surface area contributed by atoms with Crippen molar-refractivity contribution in [3.05, 3.63) is 169 Å². The minimum atomic E-state index is 0.997. The van der Waals surface area contributed by atoms with Crippen molar-refractivity contribution in [1.29, 1.82) is 0 Å². The standard InChI is InChI=1S/C44H36N2/c1-3-31-13-11-19-37(29-31)45(35-15-7-5-8-16-35)41-27-23-33-22-26-40-42(28-24-34-21-25-39(41)43(33)44(34)40)46(36-17-9-6-10-18-36)38-20-12-14-32(4-2)30-38/h5-30H,3-4H2,1-2H3. The minimum Gasteiger partial charge on any atom is -0.310 e. The fourth-order valence-corrected chi connectivity index (χ4v) is 7.00. The first-order chi connectivity index (χ1) is 22.7. The zero-order valence-electron chi connectivity index (χ0n) is 26.3. The van der Waals surface area contributed by atoms with E-state index in [0.29, 0.717) is 0 Å². The van der Waals surface area contributed by atoms with Crippen LogP contribution in [0, 0.1) is 0 Å². The zero-order chi connectivity index (χ0) is 31.0. The van der Waals surface area contributed by atoms with Crippen LogP contribution in [0.15, 0.2) is 158 Å². The lowest BCUT2D eigenvalue weighted by Crippen LogP contribution is -2.11. The molecule has 2 heteroatoms. The van der Waals surface area contributed by atoms with Gasteiger partial charge in [-0.15, -0.1) is 0 Å². The van der Waals surface area contributed by atoms with Crippen molar-refractivity contribution in [3.8, 4) is 0 Å². The van der Waals surface area contributed by atoms with Crippen molar-refractivity contribution in [2.24, 2.45) is 0 Å². The van der Waals surface area contributed by atoms with E-state index in [4.69, 9.17) is 0 Å². The molecule has 0 spiro atoms. The lowest BCUT2D eigenvalue weighted by Gasteiger charge is -2.29. The first kappa shape index (κ1) is 27.9. The summed E-state index contributed by atoms with van der Waals surface area (Å²) in [5, 5.41) is 7.61. The SMILES string of the molecule is CCc1cccc(N(c2ccccc2)c2ccc3ccc4c(N(c5ccccc5)c5cccc(CC)c5)ccc5ccc2c3c54)c1. The molecule has 0 bridgehead atoms. The highest BCUT2D eigenvalue weighted by Gasteiger charge is 2.21. The van der Waals surface area contributed by atoms with Crippen molar-refractivity contribution >= 4 is 66.4 Å². The Bertz CT molecular complexity index is 2120. The summed E-state index contributed by atoms with van der Waals surface area (Å²) in [6.45, 7) is 4.44. The molecule has 0 saturated heterocycles. The summed E-state index contributed by atoms with van der Waals surface area (Å²) in [6.07, 6.45) is 1.99. The highest BCUT2D eigenvalue weighted by molar-refractivity contribution is 6.28. The van der Waals surface area contributed by atoms with Crippen LogP contribution in [0.25, 0.3) is 32.3 Å². The predicted octanol–water partition coefficient (Wildman–Crippen LogP) is 12.6. The highest BCUT2D eigenvalue weighted by atomic mass is 15.1. The van der Waals surface area contributed by atoms with Crippen molar-refractivity contribution in [2.75, 3.05) is 9.80 Å². The molecule has 8 aromatic carbocycles. The van der Waals surface area contributed by atoms with Gasteiger partial charge in [-0.3, -0.25) is 0 Å². The average molecular weight is 593 g/mol. The molecule has 2 nitrogen and oxygen atoms in total. The maximum Gasteiger partial charge on any atom is 0.0540 e. The molecule has 8 rings (SSSR count). The molecular weight excluding hydrogens is 556 g/mol. The van der Waals surface area contributed by atoms with E-state index >= 15 is 0 Å². The lowest BCUT2D eigenvalue weighted by atomic mass is 9.91. The normalized spacial score (nSPS) is 11.4. The number of hydrogen-bond acceptors (Lipinski definition) is 2. The molecule has 0 radical (unpaired) electrons. The van der Waals surface area contributed by atoms with Gasteiger partial charge in [0.05, 0.1) is 11.4 Å². The van der Waals surface area contributed by atoms with Crippen LogP contribution in [0.5, 0.6) is 0 Å². The van der Waals surface area contributed by atoms with Gasteiger partial charge < -0.3 is 9.80 Å². The summed E-state index contributed by atoms with van der Waals surface area (Å²) in [4.78, 5) is 4.83. The Morgan fingerprint density at radius 1 is 0.370 bits per heavy atom. The van der Waals surface area contributed by atoms with Gasteiger partial charge in [-0.2, -0.15) is 0 Å². The largest absolute Gasteiger partial charge is 0.310 e. The molecule has 0 N–H and O–H groups in total. The first-order valence-electron chi connectivity index (χ1n) is 16.3. The molecule has 0 aromatic heterocycles. The lowest BCUT2D eigenvalue weighted by molar-refractivity contribution is 1.13. The van der Waals surface area contributed by atoms with Crippen LogP contribution >= 0.6 is 0 Å². The number of hydrogen-bond donors (Lipinski definition) is 0. The molecule has 8 aromatic rings. The topological polar surface area (TPSA) is 6.48 Å². The summed E-state index contributed by atoms with van der Waals surface area (Å²) < 4.78 is 0. The Morgan fingerprint density at radius 2 is 0.761 bits per heavy atom. The van der Waals surface area contributed by atoms with Crippen LogP contribution < -0.4 is 9.80 Å². The summed E-state index contributed by atoms with van der Waals surface area (Å²) >= 11 is 0. The summed E-state index contributed by atoms with van der Waals surface area (Å²) in [5.41, 5.74) is 9.67. The van der Waals surface area contributed by atoms with E-state index in [-0.39, 0.29) is 0 Å².